The number of amides is 2. The highest BCUT2D eigenvalue weighted by atomic mass is 79.9. The molecular weight excluding hydrogens is 656 g/mol. The van der Waals surface area contributed by atoms with E-state index in [0.717, 1.165) is 52.3 Å². The van der Waals surface area contributed by atoms with Gasteiger partial charge in [-0.05, 0) is 90.6 Å². The average Bonchev–Trinajstić information content (AvgIpc) is 3.46. The molecule has 11 heteroatoms. The molecule has 0 aliphatic carbocycles. The zero-order valence-corrected chi connectivity index (χ0v) is 27.7. The maximum absolute atomic E-state index is 12.9. The van der Waals surface area contributed by atoms with E-state index < -0.39 is 6.10 Å². The van der Waals surface area contributed by atoms with Crippen molar-refractivity contribution in [3.63, 3.8) is 0 Å². The van der Waals surface area contributed by atoms with Crippen LogP contribution in [0.25, 0.3) is 0 Å². The second-order valence-electron chi connectivity index (χ2n) is 11.4. The molecule has 45 heavy (non-hydrogen) atoms. The summed E-state index contributed by atoms with van der Waals surface area (Å²) in [6.45, 7) is 5.53. The summed E-state index contributed by atoms with van der Waals surface area (Å²) in [6, 6.07) is 19.1. The third-order valence-electron chi connectivity index (χ3n) is 8.31. The van der Waals surface area contributed by atoms with E-state index in [-0.39, 0.29) is 31.9 Å². The minimum Gasteiger partial charge on any atom is -0.486 e. The number of aromatic nitrogens is 1. The highest BCUT2D eigenvalue weighted by Crippen LogP contribution is 2.26. The predicted molar refractivity (Wildman–Crippen MR) is 179 cm³/mol. The van der Waals surface area contributed by atoms with Gasteiger partial charge in [0.25, 0.3) is 11.8 Å². The number of oxazole rings is 1. The van der Waals surface area contributed by atoms with E-state index in [1.54, 1.807) is 6.07 Å². The van der Waals surface area contributed by atoms with Crippen LogP contribution >= 0.6 is 29.4 Å². The van der Waals surface area contributed by atoms with Crippen LogP contribution in [0.2, 0.25) is 0 Å². The third kappa shape index (κ3) is 7.96. The number of benzene rings is 3. The number of aliphatic hydroxyl groups is 1. The van der Waals surface area contributed by atoms with E-state index in [1.807, 2.05) is 54.3 Å². The smallest absolute Gasteiger partial charge is 0.254 e. The normalized spacial score (nSPS) is 15.0. The lowest BCUT2D eigenvalue weighted by Gasteiger charge is -2.30. The Morgan fingerprint density at radius 1 is 0.978 bits per heavy atom. The number of fused-ring (bicyclic) bond motifs is 2. The van der Waals surface area contributed by atoms with Gasteiger partial charge in [0.15, 0.2) is 12.2 Å². The molecule has 2 aliphatic heterocycles. The highest BCUT2D eigenvalue weighted by Gasteiger charge is 2.24. The van der Waals surface area contributed by atoms with Crippen molar-refractivity contribution in [1.82, 2.24) is 20.1 Å². The van der Waals surface area contributed by atoms with E-state index in [2.05, 4.69) is 43.3 Å². The van der Waals surface area contributed by atoms with Crippen molar-refractivity contribution < 1.29 is 23.8 Å². The van der Waals surface area contributed by atoms with E-state index in [4.69, 9.17) is 9.15 Å². The van der Waals surface area contributed by atoms with Crippen LogP contribution in [-0.2, 0) is 32.5 Å². The Morgan fingerprint density at radius 3 is 2.47 bits per heavy atom. The number of hydrogen-bond acceptors (Lipinski definition) is 7. The first-order valence-electron chi connectivity index (χ1n) is 14.8. The molecule has 9 nitrogen and oxygen atoms in total. The topological polar surface area (TPSA) is 108 Å². The molecule has 0 unspecified atom stereocenters. The van der Waals surface area contributed by atoms with E-state index >= 15 is 0 Å². The summed E-state index contributed by atoms with van der Waals surface area (Å²) in [7, 11) is 0. The number of aliphatic hydroxyl groups excluding tert-OH is 1. The molecule has 4 aromatic rings. The van der Waals surface area contributed by atoms with Gasteiger partial charge in [0.05, 0.1) is 11.8 Å². The molecule has 3 heterocycles. The van der Waals surface area contributed by atoms with Gasteiger partial charge in [0, 0.05) is 54.9 Å². The molecule has 2 N–H and O–H groups in total. The standard InChI is InChI=1S/C34H35BrN4O5.H2S/c1-22-32(44-21-37-22)20-43-31-9-6-27-17-38(12-10-25(27)15-31)19-30(40)16-36-33(41)26-2-3-28-18-39(13-11-24(28)14-26)34(42)23-4-7-29(35)8-5-23;/h2-9,14-15,21,30,40H,10-13,16-20H2,1H3,(H,36,41);1H2/t30-;/m0./s1. The van der Waals surface area contributed by atoms with Crippen LogP contribution in [0.4, 0.5) is 0 Å². The van der Waals surface area contributed by atoms with Crippen molar-refractivity contribution in [3.05, 3.63) is 116 Å². The third-order valence-corrected chi connectivity index (χ3v) is 8.84. The van der Waals surface area contributed by atoms with Gasteiger partial charge in [-0.15, -0.1) is 0 Å². The summed E-state index contributed by atoms with van der Waals surface area (Å²) in [4.78, 5) is 34.0. The number of rotatable bonds is 9. The fourth-order valence-electron chi connectivity index (χ4n) is 5.76. The Labute approximate surface area is 278 Å². The van der Waals surface area contributed by atoms with Crippen molar-refractivity contribution in [2.75, 3.05) is 26.2 Å². The fraction of sp³-hybridized carbons (Fsp3) is 0.324. The Balaban J connectivity index is 0.00000400. The molecule has 2 aliphatic rings. The number of β-amino-alcohol motifs (C(OH)–C–C–N with tert-alkyl or cyclic N) is 1. The maximum atomic E-state index is 12.9. The molecule has 236 valence electrons. The van der Waals surface area contributed by atoms with Crippen LogP contribution in [0.3, 0.4) is 0 Å². The van der Waals surface area contributed by atoms with Crippen LogP contribution < -0.4 is 10.1 Å². The lowest BCUT2D eigenvalue weighted by atomic mass is 9.96. The van der Waals surface area contributed by atoms with Crippen LogP contribution in [0.5, 0.6) is 5.75 Å². The summed E-state index contributed by atoms with van der Waals surface area (Å²) in [5.74, 6) is 1.31. The molecule has 6 rings (SSSR count). The number of ether oxygens (including phenoxy) is 1. The first kappa shape index (κ1) is 32.7. The van der Waals surface area contributed by atoms with Crippen LogP contribution in [0.1, 0.15) is 54.4 Å². The number of nitrogens with zero attached hydrogens (tertiary/aromatic N) is 3. The minimum absolute atomic E-state index is 0. The maximum Gasteiger partial charge on any atom is 0.254 e. The fourth-order valence-corrected chi connectivity index (χ4v) is 6.03. The van der Waals surface area contributed by atoms with Gasteiger partial charge in [-0.1, -0.05) is 28.1 Å². The number of carbonyl (C=O) groups excluding carboxylic acids is 2. The molecule has 0 fully saturated rings. The molecule has 1 aromatic heterocycles. The second-order valence-corrected chi connectivity index (χ2v) is 12.3. The number of aryl methyl sites for hydroxylation is 1. The zero-order chi connectivity index (χ0) is 30.6. The quantitative estimate of drug-likeness (QED) is 0.260. The molecule has 0 saturated carbocycles. The van der Waals surface area contributed by atoms with Crippen LogP contribution in [0, 0.1) is 6.92 Å². The number of nitrogens with one attached hydrogen (secondary N) is 1. The minimum atomic E-state index is -0.691. The summed E-state index contributed by atoms with van der Waals surface area (Å²) >= 11 is 3.41. The summed E-state index contributed by atoms with van der Waals surface area (Å²) in [6.07, 6.45) is 2.28. The van der Waals surface area contributed by atoms with Crippen molar-refractivity contribution in [1.29, 1.82) is 0 Å². The molecule has 1 atom stereocenters. The lowest BCUT2D eigenvalue weighted by Crippen LogP contribution is -2.42. The molecule has 0 saturated heterocycles. The van der Waals surface area contributed by atoms with E-state index in [9.17, 15) is 14.7 Å². The van der Waals surface area contributed by atoms with Crippen LogP contribution in [0.15, 0.2) is 75.9 Å². The largest absolute Gasteiger partial charge is 0.486 e. The van der Waals surface area contributed by atoms with Crippen molar-refractivity contribution in [2.24, 2.45) is 0 Å². The molecule has 2 amide bonds. The first-order valence-corrected chi connectivity index (χ1v) is 15.6. The summed E-state index contributed by atoms with van der Waals surface area (Å²) < 4.78 is 12.2. The molecule has 0 spiro atoms. The number of halogens is 1. The molecule has 0 bridgehead atoms. The SMILES string of the molecule is Cc1ncoc1COc1ccc2c(c1)CCN(C[C@@H](O)CNC(=O)c1ccc3c(c1)CCN(C(=O)c1ccc(Br)cc1)C3)C2.S. The Hall–Kier alpha value is -3.64. The number of hydrogen-bond donors (Lipinski definition) is 2. The van der Waals surface area contributed by atoms with Gasteiger partial charge in [0.2, 0.25) is 0 Å². The predicted octanol–water partition coefficient (Wildman–Crippen LogP) is 4.78. The zero-order valence-electron chi connectivity index (χ0n) is 25.1. The first-order chi connectivity index (χ1) is 21.3. The van der Waals surface area contributed by atoms with E-state index in [0.29, 0.717) is 43.8 Å². The monoisotopic (exact) mass is 692 g/mol. The molecule has 0 radical (unpaired) electrons. The lowest BCUT2D eigenvalue weighted by molar-refractivity contribution is 0.0734. The second kappa shape index (κ2) is 14.6. The Bertz CT molecular complexity index is 1660. The molecule has 3 aromatic carbocycles. The van der Waals surface area contributed by atoms with Gasteiger partial charge >= 0.3 is 0 Å². The molecular formula is C34H37BrN4O5S. The van der Waals surface area contributed by atoms with Crippen LogP contribution in [-0.4, -0.2) is 64.0 Å². The van der Waals surface area contributed by atoms with Crippen molar-refractivity contribution >= 4 is 41.2 Å². The highest BCUT2D eigenvalue weighted by molar-refractivity contribution is 9.10. The van der Waals surface area contributed by atoms with E-state index in [1.165, 1.54) is 17.5 Å². The Kier molecular flexibility index (Phi) is 10.7. The summed E-state index contributed by atoms with van der Waals surface area (Å²) in [5.41, 5.74) is 6.63. The van der Waals surface area contributed by atoms with Crippen molar-refractivity contribution in [3.8, 4) is 5.75 Å². The van der Waals surface area contributed by atoms with Gasteiger partial charge in [-0.3, -0.25) is 14.5 Å². The van der Waals surface area contributed by atoms with Gasteiger partial charge < -0.3 is 24.5 Å². The van der Waals surface area contributed by atoms with Gasteiger partial charge in [-0.2, -0.15) is 13.5 Å². The number of carbonyl (C=O) groups is 2. The Morgan fingerprint density at radius 2 is 1.69 bits per heavy atom. The average molecular weight is 694 g/mol. The summed E-state index contributed by atoms with van der Waals surface area (Å²) in [5, 5.41) is 13.6. The van der Waals surface area contributed by atoms with Gasteiger partial charge in [0.1, 0.15) is 12.4 Å². The van der Waals surface area contributed by atoms with Gasteiger partial charge in [-0.25, -0.2) is 4.98 Å². The van der Waals surface area contributed by atoms with Crippen molar-refractivity contribution in [2.45, 2.75) is 45.6 Å².